The van der Waals surface area contributed by atoms with Crippen molar-refractivity contribution < 1.29 is 9.90 Å². The highest BCUT2D eigenvalue weighted by Crippen LogP contribution is 2.60. The Morgan fingerprint density at radius 2 is 1.67 bits per heavy atom. The Labute approximate surface area is 148 Å². The molecule has 4 saturated carbocycles. The summed E-state index contributed by atoms with van der Waals surface area (Å²) in [4.78, 5) is 13.0. The predicted octanol–water partition coefficient (Wildman–Crippen LogP) is 3.88. The number of amides is 1. The van der Waals surface area contributed by atoms with Gasteiger partial charge in [-0.25, -0.2) is 0 Å². The van der Waals surface area contributed by atoms with Gasteiger partial charge in [0.25, 0.3) is 0 Å². The number of carbonyl (C=O) groups is 1. The largest absolute Gasteiger partial charge is 0.384 e. The van der Waals surface area contributed by atoms with Gasteiger partial charge in [0.15, 0.2) is 0 Å². The first-order chi connectivity index (χ1) is 11.4. The van der Waals surface area contributed by atoms with Gasteiger partial charge in [-0.15, -0.1) is 0 Å². The van der Waals surface area contributed by atoms with Crippen LogP contribution in [-0.4, -0.2) is 17.6 Å². The number of hydrogen-bond donors (Lipinski definition) is 2. The van der Waals surface area contributed by atoms with Crippen LogP contribution in [0.25, 0.3) is 0 Å². The molecule has 2 N–H and O–H groups in total. The first-order valence-corrected chi connectivity index (χ1v) is 9.51. The van der Waals surface area contributed by atoms with Crippen LogP contribution in [0, 0.1) is 23.2 Å². The fraction of sp³-hybridized carbons (Fsp3) is 0.650. The van der Waals surface area contributed by atoms with Gasteiger partial charge >= 0.3 is 0 Å². The molecule has 0 saturated heterocycles. The Bertz CT molecular complexity index is 602. The molecule has 1 atom stereocenters. The Balaban J connectivity index is 1.44. The molecule has 1 aromatic rings. The number of rotatable bonds is 4. The Morgan fingerprint density at radius 1 is 1.17 bits per heavy atom. The minimum Gasteiger partial charge on any atom is -0.384 e. The summed E-state index contributed by atoms with van der Waals surface area (Å²) in [6, 6.07) is 7.18. The van der Waals surface area contributed by atoms with Gasteiger partial charge in [-0.2, -0.15) is 0 Å². The summed E-state index contributed by atoms with van der Waals surface area (Å²) >= 11 is 5.91. The van der Waals surface area contributed by atoms with Crippen molar-refractivity contribution in [2.24, 2.45) is 23.2 Å². The average Bonchev–Trinajstić information content (AvgIpc) is 2.52. The molecule has 1 amide bonds. The summed E-state index contributed by atoms with van der Waals surface area (Å²) in [5.41, 5.74) is -0.467. The van der Waals surface area contributed by atoms with E-state index in [9.17, 15) is 9.90 Å². The van der Waals surface area contributed by atoms with Crippen LogP contribution in [0.5, 0.6) is 0 Å². The van der Waals surface area contributed by atoms with Gasteiger partial charge < -0.3 is 10.4 Å². The number of hydrogen-bond acceptors (Lipinski definition) is 2. The fourth-order valence-electron chi connectivity index (χ4n) is 5.74. The molecule has 24 heavy (non-hydrogen) atoms. The van der Waals surface area contributed by atoms with Gasteiger partial charge in [-0.1, -0.05) is 23.7 Å². The maximum atomic E-state index is 13.0. The van der Waals surface area contributed by atoms with E-state index in [2.05, 4.69) is 5.32 Å². The molecule has 1 unspecified atom stereocenters. The second-order valence-corrected chi connectivity index (χ2v) is 9.10. The normalized spacial score (nSPS) is 36.4. The smallest absolute Gasteiger partial charge is 0.226 e. The Morgan fingerprint density at radius 3 is 2.17 bits per heavy atom. The average molecular weight is 348 g/mol. The van der Waals surface area contributed by atoms with Gasteiger partial charge in [0.1, 0.15) is 5.60 Å². The zero-order valence-corrected chi connectivity index (χ0v) is 15.0. The second-order valence-electron chi connectivity index (χ2n) is 8.66. The van der Waals surface area contributed by atoms with Crippen molar-refractivity contribution >= 4 is 17.5 Å². The first kappa shape index (κ1) is 16.4. The molecule has 0 aromatic heterocycles. The van der Waals surface area contributed by atoms with Crippen LogP contribution in [-0.2, 0) is 10.4 Å². The van der Waals surface area contributed by atoms with Crippen molar-refractivity contribution in [3.05, 3.63) is 34.9 Å². The molecule has 0 radical (unpaired) electrons. The summed E-state index contributed by atoms with van der Waals surface area (Å²) in [6.45, 7) is 1.99. The van der Waals surface area contributed by atoms with Crippen LogP contribution in [0.15, 0.2) is 24.3 Å². The van der Waals surface area contributed by atoms with E-state index in [1.54, 1.807) is 19.1 Å². The van der Waals surface area contributed by atoms with Crippen molar-refractivity contribution in [1.82, 2.24) is 5.32 Å². The fourth-order valence-corrected chi connectivity index (χ4v) is 5.87. The van der Waals surface area contributed by atoms with Crippen LogP contribution < -0.4 is 5.32 Å². The summed E-state index contributed by atoms with van der Waals surface area (Å²) in [6.07, 6.45) is 7.13. The maximum Gasteiger partial charge on any atom is 0.226 e. The van der Waals surface area contributed by atoms with E-state index in [1.165, 1.54) is 19.3 Å². The Kier molecular flexibility index (Phi) is 3.92. The van der Waals surface area contributed by atoms with Crippen molar-refractivity contribution in [2.45, 2.75) is 51.0 Å². The molecule has 130 valence electrons. The molecule has 3 nitrogen and oxygen atoms in total. The lowest BCUT2D eigenvalue weighted by Gasteiger charge is -2.55. The number of nitrogens with one attached hydrogen (secondary N) is 1. The molecule has 4 heteroatoms. The molecule has 0 spiro atoms. The Hall–Kier alpha value is -1.06. The molecule has 0 heterocycles. The zero-order chi connectivity index (χ0) is 16.9. The van der Waals surface area contributed by atoms with Gasteiger partial charge in [-0.05, 0) is 80.9 Å². The van der Waals surface area contributed by atoms with Crippen molar-refractivity contribution in [2.75, 3.05) is 6.54 Å². The molecular weight excluding hydrogens is 322 g/mol. The van der Waals surface area contributed by atoms with Crippen LogP contribution in [0.4, 0.5) is 0 Å². The lowest BCUT2D eigenvalue weighted by atomic mass is 9.49. The van der Waals surface area contributed by atoms with Gasteiger partial charge in [0.2, 0.25) is 5.91 Å². The highest BCUT2D eigenvalue weighted by Gasteiger charge is 2.54. The number of carbonyl (C=O) groups excluding carboxylic acids is 1. The summed E-state index contributed by atoms with van der Waals surface area (Å²) < 4.78 is 0. The summed E-state index contributed by atoms with van der Waals surface area (Å²) in [5.74, 6) is 2.41. The highest BCUT2D eigenvalue weighted by atomic mass is 35.5. The molecule has 4 aliphatic carbocycles. The number of halogens is 1. The van der Waals surface area contributed by atoms with Crippen LogP contribution >= 0.6 is 11.6 Å². The third-order valence-corrected chi connectivity index (χ3v) is 6.83. The van der Waals surface area contributed by atoms with Crippen LogP contribution in [0.1, 0.15) is 51.0 Å². The van der Waals surface area contributed by atoms with E-state index in [1.807, 2.05) is 12.1 Å². The third-order valence-electron chi connectivity index (χ3n) is 6.58. The third kappa shape index (κ3) is 2.86. The first-order valence-electron chi connectivity index (χ1n) is 9.13. The zero-order valence-electron chi connectivity index (χ0n) is 14.2. The molecule has 1 aromatic carbocycles. The molecule has 4 bridgehead atoms. The quantitative estimate of drug-likeness (QED) is 0.868. The van der Waals surface area contributed by atoms with E-state index >= 15 is 0 Å². The summed E-state index contributed by atoms with van der Waals surface area (Å²) in [7, 11) is 0. The lowest BCUT2D eigenvalue weighted by Crippen LogP contribution is -2.55. The van der Waals surface area contributed by atoms with Gasteiger partial charge in [0, 0.05) is 10.4 Å². The SMILES string of the molecule is CC(O)(CNC(=O)C12CC3CC(CC(C3)C1)C2)c1ccc(Cl)cc1. The lowest BCUT2D eigenvalue weighted by molar-refractivity contribution is -0.147. The molecule has 4 fully saturated rings. The van der Waals surface area contributed by atoms with E-state index in [-0.39, 0.29) is 17.9 Å². The molecule has 5 rings (SSSR count). The monoisotopic (exact) mass is 347 g/mol. The van der Waals surface area contributed by atoms with Gasteiger partial charge in [0.05, 0.1) is 6.54 Å². The standard InChI is InChI=1S/C20H26ClNO2/c1-19(24,16-2-4-17(21)5-3-16)12-22-18(23)20-9-13-6-14(10-20)8-15(7-13)11-20/h2-5,13-15,24H,6-12H2,1H3,(H,22,23). The van der Waals surface area contributed by atoms with Crippen molar-refractivity contribution in [3.8, 4) is 0 Å². The molecule has 0 aliphatic heterocycles. The molecular formula is C20H26ClNO2. The maximum absolute atomic E-state index is 13.0. The highest BCUT2D eigenvalue weighted by molar-refractivity contribution is 6.30. The van der Waals surface area contributed by atoms with E-state index in [0.29, 0.717) is 5.02 Å². The number of benzene rings is 1. The van der Waals surface area contributed by atoms with Gasteiger partial charge in [-0.3, -0.25) is 4.79 Å². The minimum absolute atomic E-state index is 0.162. The number of aliphatic hydroxyl groups is 1. The van der Waals surface area contributed by atoms with Crippen molar-refractivity contribution in [3.63, 3.8) is 0 Å². The second kappa shape index (κ2) is 5.74. The van der Waals surface area contributed by atoms with Crippen molar-refractivity contribution in [1.29, 1.82) is 0 Å². The molecule has 4 aliphatic rings. The van der Waals surface area contributed by atoms with Crippen LogP contribution in [0.2, 0.25) is 5.02 Å². The summed E-state index contributed by atoms with van der Waals surface area (Å²) in [5, 5.41) is 14.5. The minimum atomic E-state index is -1.08. The van der Waals surface area contributed by atoms with Crippen LogP contribution in [0.3, 0.4) is 0 Å². The van der Waals surface area contributed by atoms with E-state index in [0.717, 1.165) is 42.6 Å². The van der Waals surface area contributed by atoms with E-state index < -0.39 is 5.60 Å². The topological polar surface area (TPSA) is 49.3 Å². The van der Waals surface area contributed by atoms with E-state index in [4.69, 9.17) is 11.6 Å². The predicted molar refractivity (Wildman–Crippen MR) is 94.6 cm³/mol.